The molecule has 2 fully saturated rings. The fourth-order valence-corrected chi connectivity index (χ4v) is 2.96. The van der Waals surface area contributed by atoms with Crippen LogP contribution < -0.4 is 0 Å². The number of thioether (sulfide) groups is 1. The van der Waals surface area contributed by atoms with Crippen molar-refractivity contribution >= 4 is 28.5 Å². The van der Waals surface area contributed by atoms with Crippen LogP contribution in [0.25, 0.3) is 0 Å². The SMILES string of the molecule is O=C1CSC(=Nc2cccc(C(F)(F)F)c2)N1C1CC1. The maximum atomic E-state index is 12.6. The molecule has 0 radical (unpaired) electrons. The molecule has 0 spiro atoms. The molecule has 20 heavy (non-hydrogen) atoms. The molecule has 0 unspecified atom stereocenters. The number of benzene rings is 1. The lowest BCUT2D eigenvalue weighted by Gasteiger charge is -2.14. The summed E-state index contributed by atoms with van der Waals surface area (Å²) in [5.74, 6) is 0.303. The summed E-state index contributed by atoms with van der Waals surface area (Å²) in [5, 5.41) is 0.511. The van der Waals surface area contributed by atoms with Gasteiger partial charge in [-0.1, -0.05) is 17.8 Å². The Morgan fingerprint density at radius 1 is 1.30 bits per heavy atom. The summed E-state index contributed by atoms with van der Waals surface area (Å²) in [4.78, 5) is 17.6. The van der Waals surface area contributed by atoms with E-state index in [4.69, 9.17) is 0 Å². The highest BCUT2D eigenvalue weighted by molar-refractivity contribution is 8.15. The molecule has 3 rings (SSSR count). The normalized spacial score (nSPS) is 21.9. The van der Waals surface area contributed by atoms with E-state index in [-0.39, 0.29) is 17.6 Å². The predicted molar refractivity (Wildman–Crippen MR) is 70.9 cm³/mol. The third kappa shape index (κ3) is 2.67. The van der Waals surface area contributed by atoms with Gasteiger partial charge in [-0.15, -0.1) is 0 Å². The van der Waals surface area contributed by atoms with Gasteiger partial charge >= 0.3 is 6.18 Å². The van der Waals surface area contributed by atoms with Gasteiger partial charge in [0.05, 0.1) is 17.0 Å². The van der Waals surface area contributed by atoms with Gasteiger partial charge in [-0.3, -0.25) is 9.69 Å². The fraction of sp³-hybridized carbons (Fsp3) is 0.385. The highest BCUT2D eigenvalue weighted by Gasteiger charge is 2.40. The number of rotatable bonds is 2. The summed E-state index contributed by atoms with van der Waals surface area (Å²) >= 11 is 1.28. The van der Waals surface area contributed by atoms with Crippen molar-refractivity contribution in [1.82, 2.24) is 4.90 Å². The average Bonchev–Trinajstić information content (AvgIpc) is 3.15. The smallest absolute Gasteiger partial charge is 0.287 e. The molecule has 1 aliphatic heterocycles. The van der Waals surface area contributed by atoms with Crippen LogP contribution in [0, 0.1) is 0 Å². The second kappa shape index (κ2) is 4.80. The van der Waals surface area contributed by atoms with E-state index in [1.165, 1.54) is 23.9 Å². The van der Waals surface area contributed by atoms with Crippen molar-refractivity contribution in [3.05, 3.63) is 29.8 Å². The van der Waals surface area contributed by atoms with Crippen molar-refractivity contribution in [2.75, 3.05) is 5.75 Å². The number of amidine groups is 1. The van der Waals surface area contributed by atoms with Crippen LogP contribution in [0.2, 0.25) is 0 Å². The fourth-order valence-electron chi connectivity index (χ4n) is 2.01. The van der Waals surface area contributed by atoms with Crippen molar-refractivity contribution in [3.63, 3.8) is 0 Å². The first kappa shape index (κ1) is 13.5. The van der Waals surface area contributed by atoms with Gasteiger partial charge in [-0.25, -0.2) is 4.99 Å². The van der Waals surface area contributed by atoms with Crippen molar-refractivity contribution in [3.8, 4) is 0 Å². The largest absolute Gasteiger partial charge is 0.416 e. The third-order valence-electron chi connectivity index (χ3n) is 3.11. The van der Waals surface area contributed by atoms with E-state index in [0.29, 0.717) is 10.9 Å². The number of hydrogen-bond acceptors (Lipinski definition) is 3. The average molecular weight is 300 g/mol. The first-order chi connectivity index (χ1) is 9.45. The molecule has 1 saturated heterocycles. The number of carbonyl (C=O) groups is 1. The first-order valence-corrected chi connectivity index (χ1v) is 7.14. The van der Waals surface area contributed by atoms with E-state index in [2.05, 4.69) is 4.99 Å². The van der Waals surface area contributed by atoms with Crippen LogP contribution >= 0.6 is 11.8 Å². The molecule has 1 aromatic rings. The maximum absolute atomic E-state index is 12.6. The summed E-state index contributed by atoms with van der Waals surface area (Å²) in [6.45, 7) is 0. The van der Waals surface area contributed by atoms with Crippen molar-refractivity contribution in [1.29, 1.82) is 0 Å². The number of hydrogen-bond donors (Lipinski definition) is 0. The second-order valence-electron chi connectivity index (χ2n) is 4.73. The highest BCUT2D eigenvalue weighted by Crippen LogP contribution is 2.36. The first-order valence-electron chi connectivity index (χ1n) is 6.16. The van der Waals surface area contributed by atoms with Crippen molar-refractivity contribution in [2.45, 2.75) is 25.1 Å². The maximum Gasteiger partial charge on any atom is 0.416 e. The molecule has 0 aromatic heterocycles. The Hall–Kier alpha value is -1.50. The third-order valence-corrected chi connectivity index (χ3v) is 4.05. The van der Waals surface area contributed by atoms with Crippen LogP contribution in [-0.2, 0) is 11.0 Å². The molecule has 1 aromatic carbocycles. The summed E-state index contributed by atoms with van der Waals surface area (Å²) in [5.41, 5.74) is -0.505. The van der Waals surface area contributed by atoms with Gasteiger partial charge in [-0.05, 0) is 31.0 Å². The molecule has 7 heteroatoms. The Morgan fingerprint density at radius 3 is 2.70 bits per heavy atom. The minimum Gasteiger partial charge on any atom is -0.287 e. The van der Waals surface area contributed by atoms with Crippen LogP contribution in [0.1, 0.15) is 18.4 Å². The van der Waals surface area contributed by atoms with E-state index in [0.717, 1.165) is 25.0 Å². The number of aliphatic imine (C=N–C) groups is 1. The molecule has 3 nitrogen and oxygen atoms in total. The lowest BCUT2D eigenvalue weighted by Crippen LogP contribution is -2.31. The predicted octanol–water partition coefficient (Wildman–Crippen LogP) is 3.43. The standard InChI is InChI=1S/C13H11F3N2OS/c14-13(15,16)8-2-1-3-9(6-8)17-12-18(10-4-5-10)11(19)7-20-12/h1-3,6,10H,4-5,7H2. The van der Waals surface area contributed by atoms with Gasteiger partial charge in [-0.2, -0.15) is 13.2 Å². The molecule has 2 aliphatic rings. The van der Waals surface area contributed by atoms with E-state index in [1.807, 2.05) is 0 Å². The van der Waals surface area contributed by atoms with Gasteiger partial charge in [0.15, 0.2) is 5.17 Å². The second-order valence-corrected chi connectivity index (χ2v) is 5.67. The molecular weight excluding hydrogens is 289 g/mol. The van der Waals surface area contributed by atoms with Crippen LogP contribution in [0.4, 0.5) is 18.9 Å². The molecule has 1 aliphatic carbocycles. The van der Waals surface area contributed by atoms with Crippen molar-refractivity contribution < 1.29 is 18.0 Å². The topological polar surface area (TPSA) is 32.7 Å². The Bertz CT molecular complexity index is 581. The van der Waals surface area contributed by atoms with Gasteiger partial charge in [0.2, 0.25) is 5.91 Å². The zero-order valence-corrected chi connectivity index (χ0v) is 11.2. The van der Waals surface area contributed by atoms with Crippen LogP contribution in [0.3, 0.4) is 0 Å². The van der Waals surface area contributed by atoms with Gasteiger partial charge < -0.3 is 0 Å². The minimum absolute atomic E-state index is 0.0109. The highest BCUT2D eigenvalue weighted by atomic mass is 32.2. The molecule has 1 saturated carbocycles. The molecule has 0 N–H and O–H groups in total. The molecular formula is C13H11F3N2OS. The summed E-state index contributed by atoms with van der Waals surface area (Å²) in [6.07, 6.45) is -2.51. The van der Waals surface area contributed by atoms with E-state index in [1.54, 1.807) is 4.90 Å². The van der Waals surface area contributed by atoms with Crippen LogP contribution in [0.5, 0.6) is 0 Å². The monoisotopic (exact) mass is 300 g/mol. The van der Waals surface area contributed by atoms with Crippen LogP contribution in [0.15, 0.2) is 29.3 Å². The Kier molecular flexibility index (Phi) is 3.24. The zero-order chi connectivity index (χ0) is 14.3. The van der Waals surface area contributed by atoms with E-state index >= 15 is 0 Å². The Balaban J connectivity index is 1.90. The van der Waals surface area contributed by atoms with E-state index in [9.17, 15) is 18.0 Å². The van der Waals surface area contributed by atoms with E-state index < -0.39 is 11.7 Å². The lowest BCUT2D eigenvalue weighted by molar-refractivity contribution is -0.137. The molecule has 106 valence electrons. The van der Waals surface area contributed by atoms with Gasteiger partial charge in [0.25, 0.3) is 0 Å². The lowest BCUT2D eigenvalue weighted by atomic mass is 10.2. The van der Waals surface area contributed by atoms with Crippen molar-refractivity contribution in [2.24, 2.45) is 4.99 Å². The number of alkyl halides is 3. The Labute approximate surface area is 117 Å². The molecule has 0 bridgehead atoms. The quantitative estimate of drug-likeness (QED) is 0.838. The number of amides is 1. The number of nitrogens with zero attached hydrogens (tertiary/aromatic N) is 2. The van der Waals surface area contributed by atoms with Gasteiger partial charge in [0.1, 0.15) is 0 Å². The minimum atomic E-state index is -4.38. The Morgan fingerprint density at radius 2 is 2.05 bits per heavy atom. The molecule has 0 atom stereocenters. The summed E-state index contributed by atoms with van der Waals surface area (Å²) in [7, 11) is 0. The molecule has 1 amide bonds. The van der Waals surface area contributed by atoms with Gasteiger partial charge in [0, 0.05) is 6.04 Å². The molecule has 1 heterocycles. The van der Waals surface area contributed by atoms with Crippen LogP contribution in [-0.4, -0.2) is 27.8 Å². The number of carbonyl (C=O) groups excluding carboxylic acids is 1. The summed E-state index contributed by atoms with van der Waals surface area (Å²) in [6, 6.07) is 5.03. The number of halogens is 3. The summed E-state index contributed by atoms with van der Waals surface area (Å²) < 4.78 is 37.9. The zero-order valence-electron chi connectivity index (χ0n) is 10.4.